The van der Waals surface area contributed by atoms with E-state index < -0.39 is 0 Å². The number of hydrogen-bond acceptors (Lipinski definition) is 6. The van der Waals surface area contributed by atoms with Crippen LogP contribution in [0.25, 0.3) is 0 Å². The summed E-state index contributed by atoms with van der Waals surface area (Å²) in [5.74, 6) is 0. The summed E-state index contributed by atoms with van der Waals surface area (Å²) >= 11 is 0. The van der Waals surface area contributed by atoms with Gasteiger partial charge in [-0.15, -0.1) is 0 Å². The lowest BCUT2D eigenvalue weighted by Crippen LogP contribution is -2.76. The minimum Gasteiger partial charge on any atom is -0.367 e. The van der Waals surface area contributed by atoms with Gasteiger partial charge in [0.25, 0.3) is 0 Å². The van der Waals surface area contributed by atoms with E-state index in [0.29, 0.717) is 0 Å². The average Bonchev–Trinajstić information content (AvgIpc) is 3.71. The van der Waals surface area contributed by atoms with E-state index in [4.69, 9.17) is 0 Å². The number of para-hydroxylation sites is 4. The van der Waals surface area contributed by atoms with Crippen molar-refractivity contribution < 1.29 is 0 Å². The van der Waals surface area contributed by atoms with Gasteiger partial charge in [-0.3, -0.25) is 0 Å². The zero-order valence-electron chi connectivity index (χ0n) is 30.1. The highest BCUT2D eigenvalue weighted by Crippen LogP contribution is 2.56. The summed E-state index contributed by atoms with van der Waals surface area (Å²) in [7, 11) is 0. The van der Waals surface area contributed by atoms with Crippen LogP contribution in [0, 0.1) is 0 Å². The summed E-state index contributed by atoms with van der Waals surface area (Å²) < 4.78 is 0. The second-order valence-electron chi connectivity index (χ2n) is 16.4. The number of nitrogens with one attached hydrogen (secondary N) is 2. The molecule has 1 saturated carbocycles. The van der Waals surface area contributed by atoms with Crippen LogP contribution in [0.15, 0.2) is 121 Å². The molecule has 4 aromatic rings. The van der Waals surface area contributed by atoms with Gasteiger partial charge in [0.2, 0.25) is 0 Å². The van der Waals surface area contributed by atoms with Gasteiger partial charge in [0.1, 0.15) is 12.3 Å². The Balaban J connectivity index is 1.21. The van der Waals surface area contributed by atoms with Crippen molar-refractivity contribution in [3.05, 3.63) is 143 Å². The van der Waals surface area contributed by atoms with E-state index in [0.717, 1.165) is 12.8 Å². The Kier molecular flexibility index (Phi) is 6.21. The Bertz CT molecular complexity index is 1990. The molecular formula is C44H48N6. The van der Waals surface area contributed by atoms with Crippen molar-refractivity contribution in [2.45, 2.75) is 102 Å². The standard InChI is InChI=1S/C44H48N6/c1-27-25-45-41-42-46-26-28(2)48(42)40-38(47(27)41)23-29(49-34-19-11-7-15-30(34)43(3,4)31-16-8-12-20-35(31)49)24-39(40)50-36-21-13-9-17-32(36)44(5,6)33-18-10-14-22-37(33)50/h7-22,25-26,29,38-42,45-46H,23-24H2,1-6H3. The first-order valence-electron chi connectivity index (χ1n) is 18.6. The third kappa shape index (κ3) is 3.85. The number of anilines is 4. The highest BCUT2D eigenvalue weighted by Gasteiger charge is 2.59. The number of piperazine rings is 1. The third-order valence-corrected chi connectivity index (χ3v) is 13.2. The van der Waals surface area contributed by atoms with E-state index in [1.807, 2.05) is 0 Å². The van der Waals surface area contributed by atoms with Gasteiger partial charge in [-0.05, 0) is 73.2 Å². The van der Waals surface area contributed by atoms with E-state index >= 15 is 0 Å². The van der Waals surface area contributed by atoms with Gasteiger partial charge in [-0.25, -0.2) is 0 Å². The van der Waals surface area contributed by atoms with E-state index in [1.54, 1.807) is 0 Å². The molecule has 1 aliphatic carbocycles. The Morgan fingerprint density at radius 1 is 0.500 bits per heavy atom. The maximum Gasteiger partial charge on any atom is 0.139 e. The first-order chi connectivity index (χ1) is 24.2. The summed E-state index contributed by atoms with van der Waals surface area (Å²) in [5, 5.41) is 7.62. The molecule has 6 unspecified atom stereocenters. The fraction of sp³-hybridized carbons (Fsp3) is 0.364. The molecule has 6 heteroatoms. The predicted octanol–water partition coefficient (Wildman–Crippen LogP) is 8.41. The van der Waals surface area contributed by atoms with E-state index in [9.17, 15) is 0 Å². The molecule has 5 heterocycles. The van der Waals surface area contributed by atoms with Crippen LogP contribution in [0.2, 0.25) is 0 Å². The lowest BCUT2D eigenvalue weighted by molar-refractivity contribution is -0.0511. The molecule has 2 N–H and O–H groups in total. The number of rotatable bonds is 2. The molecule has 6 nitrogen and oxygen atoms in total. The van der Waals surface area contributed by atoms with Crippen molar-refractivity contribution in [1.82, 2.24) is 20.4 Å². The monoisotopic (exact) mass is 660 g/mol. The van der Waals surface area contributed by atoms with Gasteiger partial charge in [-0.1, -0.05) is 100 Å². The molecule has 0 bridgehead atoms. The smallest absolute Gasteiger partial charge is 0.139 e. The Morgan fingerprint density at radius 2 is 0.880 bits per heavy atom. The Hall–Kier alpha value is -4.84. The van der Waals surface area contributed by atoms with E-state index in [-0.39, 0.29) is 47.3 Å². The second-order valence-corrected chi connectivity index (χ2v) is 16.4. The van der Waals surface area contributed by atoms with Gasteiger partial charge < -0.3 is 30.2 Å². The summed E-state index contributed by atoms with van der Waals surface area (Å²) in [4.78, 5) is 11.0. The maximum atomic E-state index is 3.82. The van der Waals surface area contributed by atoms with Crippen molar-refractivity contribution in [3.63, 3.8) is 0 Å². The lowest BCUT2D eigenvalue weighted by atomic mass is 9.70. The molecule has 0 spiro atoms. The van der Waals surface area contributed by atoms with Crippen LogP contribution in [-0.4, -0.2) is 46.3 Å². The van der Waals surface area contributed by atoms with Crippen molar-refractivity contribution >= 4 is 22.7 Å². The topological polar surface area (TPSA) is 37.0 Å². The summed E-state index contributed by atoms with van der Waals surface area (Å²) in [5.41, 5.74) is 13.5. The molecule has 6 aliphatic rings. The van der Waals surface area contributed by atoms with Gasteiger partial charge in [0.15, 0.2) is 0 Å². The van der Waals surface area contributed by atoms with Crippen LogP contribution < -0.4 is 20.4 Å². The van der Waals surface area contributed by atoms with Crippen molar-refractivity contribution in [2.75, 3.05) is 9.80 Å². The highest BCUT2D eigenvalue weighted by atomic mass is 15.5. The normalized spacial score (nSPS) is 29.2. The first-order valence-corrected chi connectivity index (χ1v) is 18.6. The van der Waals surface area contributed by atoms with Gasteiger partial charge >= 0.3 is 0 Å². The molecule has 10 rings (SSSR count). The Morgan fingerprint density at radius 3 is 1.36 bits per heavy atom. The molecule has 0 radical (unpaired) electrons. The molecule has 5 aliphatic heterocycles. The van der Waals surface area contributed by atoms with Crippen molar-refractivity contribution in [3.8, 4) is 0 Å². The van der Waals surface area contributed by atoms with E-state index in [2.05, 4.69) is 181 Å². The van der Waals surface area contributed by atoms with Gasteiger partial charge in [-0.2, -0.15) is 0 Å². The third-order valence-electron chi connectivity index (χ3n) is 13.2. The minimum atomic E-state index is -0.100. The molecule has 1 saturated heterocycles. The van der Waals surface area contributed by atoms with E-state index in [1.165, 1.54) is 56.4 Å². The highest BCUT2D eigenvalue weighted by molar-refractivity contribution is 5.80. The van der Waals surface area contributed by atoms with Crippen LogP contribution in [0.4, 0.5) is 22.7 Å². The van der Waals surface area contributed by atoms with Crippen LogP contribution in [0.3, 0.4) is 0 Å². The average molecular weight is 661 g/mol. The van der Waals surface area contributed by atoms with Gasteiger partial charge in [0, 0.05) is 63.4 Å². The summed E-state index contributed by atoms with van der Waals surface area (Å²) in [6, 6.07) is 37.9. The Labute approximate surface area is 297 Å². The molecule has 0 aromatic heterocycles. The van der Waals surface area contributed by atoms with Gasteiger partial charge in [0.05, 0.1) is 18.1 Å². The molecule has 2 fully saturated rings. The zero-order valence-corrected chi connectivity index (χ0v) is 30.1. The van der Waals surface area contributed by atoms with Crippen LogP contribution >= 0.6 is 0 Å². The number of benzene rings is 4. The second kappa shape index (κ2) is 10.3. The fourth-order valence-electron chi connectivity index (χ4n) is 11.0. The number of hydrogen-bond donors (Lipinski definition) is 2. The minimum absolute atomic E-state index is 0.0822. The van der Waals surface area contributed by atoms with Crippen LogP contribution in [-0.2, 0) is 10.8 Å². The first kappa shape index (κ1) is 30.0. The molecule has 6 atom stereocenters. The number of allylic oxidation sites excluding steroid dienone is 2. The van der Waals surface area contributed by atoms with Crippen molar-refractivity contribution in [2.24, 2.45) is 0 Å². The zero-order chi connectivity index (χ0) is 34.1. The summed E-state index contributed by atoms with van der Waals surface area (Å²) in [6.07, 6.45) is 6.92. The molecule has 50 heavy (non-hydrogen) atoms. The molecular weight excluding hydrogens is 613 g/mol. The lowest BCUT2D eigenvalue weighted by Gasteiger charge is -2.62. The number of fused-ring (bicyclic) bond motifs is 10. The van der Waals surface area contributed by atoms with Crippen molar-refractivity contribution in [1.29, 1.82) is 0 Å². The predicted molar refractivity (Wildman–Crippen MR) is 204 cm³/mol. The quantitative estimate of drug-likeness (QED) is 0.225. The fourth-order valence-corrected chi connectivity index (χ4v) is 11.0. The van der Waals surface area contributed by atoms with Crippen LogP contribution in [0.5, 0.6) is 0 Å². The van der Waals surface area contributed by atoms with Crippen LogP contribution in [0.1, 0.15) is 76.6 Å². The largest absolute Gasteiger partial charge is 0.367 e. The SMILES string of the molecule is CC1=CNC2C3NC=C(C)N3C3C(N4c5ccccc5C(C)(C)c5ccccc54)CC(N4c5ccccc5C(C)(C)c5ccccc54)CC3N12. The summed E-state index contributed by atoms with van der Waals surface area (Å²) in [6.45, 7) is 14.2. The number of nitrogens with zero attached hydrogens (tertiary/aromatic N) is 4. The molecule has 254 valence electrons. The maximum absolute atomic E-state index is 3.82. The molecule has 4 aromatic carbocycles. The molecule has 0 amide bonds.